The number of sulfonamides is 1. The van der Waals surface area contributed by atoms with Gasteiger partial charge < -0.3 is 14.6 Å². The molecule has 2 rings (SSSR count). The number of hydrogen-bond acceptors (Lipinski definition) is 5. The van der Waals surface area contributed by atoms with E-state index in [-0.39, 0.29) is 11.3 Å². The summed E-state index contributed by atoms with van der Waals surface area (Å²) in [4.78, 5) is 11.1. The second-order valence-electron chi connectivity index (χ2n) is 4.91. The Hall–Kier alpha value is -3.00. The highest BCUT2D eigenvalue weighted by Gasteiger charge is 2.13. The van der Waals surface area contributed by atoms with Crippen LogP contribution in [0.2, 0.25) is 0 Å². The molecule has 25 heavy (non-hydrogen) atoms. The number of ether oxygens (including phenoxy) is 2. The summed E-state index contributed by atoms with van der Waals surface area (Å²) >= 11 is 0. The van der Waals surface area contributed by atoms with Crippen LogP contribution in [0.1, 0.15) is 15.9 Å². The fraction of sp³-hybridized carbons (Fsp3) is 0.118. The maximum atomic E-state index is 12.2. The van der Waals surface area contributed by atoms with Gasteiger partial charge >= 0.3 is 5.97 Å². The molecule has 0 unspecified atom stereocenters. The zero-order valence-corrected chi connectivity index (χ0v) is 14.4. The van der Waals surface area contributed by atoms with Crippen LogP contribution in [-0.2, 0) is 10.0 Å². The third-order valence-electron chi connectivity index (χ3n) is 3.26. The fourth-order valence-corrected chi connectivity index (χ4v) is 2.96. The highest BCUT2D eigenvalue weighted by molar-refractivity contribution is 7.95. The first-order chi connectivity index (χ1) is 11.9. The Balaban J connectivity index is 2.24. The zero-order chi connectivity index (χ0) is 18.4. The van der Waals surface area contributed by atoms with Gasteiger partial charge in [0, 0.05) is 0 Å². The van der Waals surface area contributed by atoms with Crippen LogP contribution in [0, 0.1) is 0 Å². The van der Waals surface area contributed by atoms with Crippen molar-refractivity contribution in [2.75, 3.05) is 18.9 Å². The van der Waals surface area contributed by atoms with Gasteiger partial charge in [-0.15, -0.1) is 0 Å². The predicted molar refractivity (Wildman–Crippen MR) is 94.5 cm³/mol. The minimum Gasteiger partial charge on any atom is -0.493 e. The quantitative estimate of drug-likeness (QED) is 0.784. The lowest BCUT2D eigenvalue weighted by molar-refractivity contribution is 0.0698. The Morgan fingerprint density at radius 3 is 2.40 bits per heavy atom. The first-order valence-electron chi connectivity index (χ1n) is 7.11. The molecule has 132 valence electrons. The van der Waals surface area contributed by atoms with Gasteiger partial charge in [0.25, 0.3) is 10.0 Å². The molecule has 0 aromatic heterocycles. The normalized spacial score (nSPS) is 11.3. The second kappa shape index (κ2) is 7.71. The molecule has 0 aliphatic carbocycles. The van der Waals surface area contributed by atoms with Gasteiger partial charge in [-0.05, 0) is 35.9 Å². The van der Waals surface area contributed by atoms with Crippen molar-refractivity contribution in [3.8, 4) is 11.5 Å². The standard InChI is InChI=1S/C17H17NO6S/c1-23-15-8-7-12(11-16(15)24-2)9-10-25(21,22)18-14-6-4-3-5-13(14)17(19)20/h3-11,18H,1-2H3,(H,19,20)/b10-9+. The molecule has 0 aliphatic rings. The van der Waals surface area contributed by atoms with Crippen molar-refractivity contribution in [1.29, 1.82) is 0 Å². The number of anilines is 1. The van der Waals surface area contributed by atoms with Gasteiger partial charge in [0.05, 0.1) is 30.9 Å². The lowest BCUT2D eigenvalue weighted by Crippen LogP contribution is -2.12. The van der Waals surface area contributed by atoms with E-state index in [0.717, 1.165) is 5.41 Å². The van der Waals surface area contributed by atoms with Gasteiger partial charge in [-0.3, -0.25) is 4.72 Å². The summed E-state index contributed by atoms with van der Waals surface area (Å²) in [6.45, 7) is 0. The molecule has 0 amide bonds. The smallest absolute Gasteiger partial charge is 0.337 e. The molecule has 2 aromatic carbocycles. The molecular formula is C17H17NO6S. The summed E-state index contributed by atoms with van der Waals surface area (Å²) in [6.07, 6.45) is 1.37. The van der Waals surface area contributed by atoms with Gasteiger partial charge in [-0.25, -0.2) is 13.2 Å². The van der Waals surface area contributed by atoms with E-state index in [0.29, 0.717) is 17.1 Å². The predicted octanol–water partition coefficient (Wildman–Crippen LogP) is 2.81. The van der Waals surface area contributed by atoms with Crippen LogP contribution in [0.4, 0.5) is 5.69 Å². The van der Waals surface area contributed by atoms with Crippen molar-refractivity contribution >= 4 is 27.8 Å². The highest BCUT2D eigenvalue weighted by Crippen LogP contribution is 2.28. The monoisotopic (exact) mass is 363 g/mol. The largest absolute Gasteiger partial charge is 0.493 e. The third kappa shape index (κ3) is 4.74. The van der Waals surface area contributed by atoms with Crippen LogP contribution in [-0.4, -0.2) is 33.7 Å². The molecule has 2 N–H and O–H groups in total. The van der Waals surface area contributed by atoms with E-state index in [1.807, 2.05) is 0 Å². The first kappa shape index (κ1) is 18.3. The van der Waals surface area contributed by atoms with E-state index in [9.17, 15) is 13.2 Å². The summed E-state index contributed by atoms with van der Waals surface area (Å²) in [5, 5.41) is 10.1. The van der Waals surface area contributed by atoms with Gasteiger partial charge in [0.1, 0.15) is 0 Å². The minimum absolute atomic E-state index is 0.00744. The van der Waals surface area contributed by atoms with Gasteiger partial charge in [-0.2, -0.15) is 0 Å². The average Bonchev–Trinajstić information content (AvgIpc) is 2.59. The van der Waals surface area contributed by atoms with E-state index in [1.54, 1.807) is 24.3 Å². The molecule has 0 fully saturated rings. The number of para-hydroxylation sites is 1. The van der Waals surface area contributed by atoms with Crippen LogP contribution >= 0.6 is 0 Å². The molecule has 0 saturated carbocycles. The molecule has 7 nitrogen and oxygen atoms in total. The SMILES string of the molecule is COc1ccc(/C=C/S(=O)(=O)Nc2ccccc2C(=O)O)cc1OC. The van der Waals surface area contributed by atoms with Crippen molar-refractivity contribution in [3.63, 3.8) is 0 Å². The van der Waals surface area contributed by atoms with Gasteiger partial charge in [0.15, 0.2) is 11.5 Å². The molecule has 2 aromatic rings. The van der Waals surface area contributed by atoms with Gasteiger partial charge in [-0.1, -0.05) is 18.2 Å². The number of benzene rings is 2. The highest BCUT2D eigenvalue weighted by atomic mass is 32.2. The molecule has 0 bridgehead atoms. The maximum absolute atomic E-state index is 12.2. The van der Waals surface area contributed by atoms with Crippen LogP contribution in [0.3, 0.4) is 0 Å². The van der Waals surface area contributed by atoms with E-state index in [4.69, 9.17) is 14.6 Å². The number of aromatic carboxylic acids is 1. The number of nitrogens with one attached hydrogen (secondary N) is 1. The van der Waals surface area contributed by atoms with Crippen LogP contribution in [0.25, 0.3) is 6.08 Å². The van der Waals surface area contributed by atoms with Crippen molar-refractivity contribution in [1.82, 2.24) is 0 Å². The summed E-state index contributed by atoms with van der Waals surface area (Å²) in [7, 11) is -0.910. The molecule has 0 saturated heterocycles. The van der Waals surface area contributed by atoms with Crippen molar-refractivity contribution in [3.05, 3.63) is 59.0 Å². The lowest BCUT2D eigenvalue weighted by Gasteiger charge is -2.08. The molecule has 8 heteroatoms. The maximum Gasteiger partial charge on any atom is 0.337 e. The molecular weight excluding hydrogens is 346 g/mol. The summed E-state index contributed by atoms with van der Waals surface area (Å²) in [6, 6.07) is 10.7. The molecule has 0 radical (unpaired) electrons. The second-order valence-corrected chi connectivity index (χ2v) is 6.48. The molecule has 0 spiro atoms. The van der Waals surface area contributed by atoms with Crippen LogP contribution in [0.5, 0.6) is 11.5 Å². The fourth-order valence-electron chi connectivity index (χ4n) is 2.07. The third-order valence-corrected chi connectivity index (χ3v) is 4.26. The first-order valence-corrected chi connectivity index (χ1v) is 8.66. The number of carbonyl (C=O) groups is 1. The number of rotatable bonds is 7. The van der Waals surface area contributed by atoms with E-state index in [2.05, 4.69) is 4.72 Å². The van der Waals surface area contributed by atoms with E-state index < -0.39 is 16.0 Å². The van der Waals surface area contributed by atoms with Crippen molar-refractivity contribution < 1.29 is 27.8 Å². The Labute approximate surface area is 145 Å². The Bertz CT molecular complexity index is 905. The summed E-state index contributed by atoms with van der Waals surface area (Å²) < 4.78 is 36.9. The summed E-state index contributed by atoms with van der Waals surface area (Å²) in [5.74, 6) is -0.232. The molecule has 0 atom stereocenters. The number of methoxy groups -OCH3 is 2. The minimum atomic E-state index is -3.89. The van der Waals surface area contributed by atoms with Crippen molar-refractivity contribution in [2.45, 2.75) is 0 Å². The molecule has 0 heterocycles. The topological polar surface area (TPSA) is 102 Å². The van der Waals surface area contributed by atoms with Crippen molar-refractivity contribution in [2.24, 2.45) is 0 Å². The Kier molecular flexibility index (Phi) is 5.66. The number of carboxylic acid groups (broad SMARTS) is 1. The Morgan fingerprint density at radius 2 is 1.76 bits per heavy atom. The van der Waals surface area contributed by atoms with E-state index in [1.165, 1.54) is 38.5 Å². The average molecular weight is 363 g/mol. The molecule has 0 aliphatic heterocycles. The summed E-state index contributed by atoms with van der Waals surface area (Å²) in [5.41, 5.74) is 0.437. The van der Waals surface area contributed by atoms with Gasteiger partial charge in [0.2, 0.25) is 0 Å². The zero-order valence-electron chi connectivity index (χ0n) is 13.6. The van der Waals surface area contributed by atoms with E-state index >= 15 is 0 Å². The number of hydrogen-bond donors (Lipinski definition) is 2. The number of carboxylic acids is 1. The lowest BCUT2D eigenvalue weighted by atomic mass is 10.2. The van der Waals surface area contributed by atoms with Crippen LogP contribution < -0.4 is 14.2 Å². The Morgan fingerprint density at radius 1 is 1.08 bits per heavy atom. The van der Waals surface area contributed by atoms with Crippen LogP contribution in [0.15, 0.2) is 47.9 Å².